The van der Waals surface area contributed by atoms with E-state index in [4.69, 9.17) is 4.98 Å². The normalized spacial score (nSPS) is 13.2. The van der Waals surface area contributed by atoms with Crippen molar-refractivity contribution in [1.82, 2.24) is 9.38 Å². The van der Waals surface area contributed by atoms with E-state index in [0.717, 1.165) is 40.4 Å². The molecule has 2 aromatic heterocycles. The van der Waals surface area contributed by atoms with Crippen molar-refractivity contribution in [2.75, 3.05) is 11.9 Å². The van der Waals surface area contributed by atoms with Gasteiger partial charge in [0.2, 0.25) is 0 Å². The molecular weight excluding hydrogens is 321 g/mol. The van der Waals surface area contributed by atoms with E-state index < -0.39 is 0 Å². The van der Waals surface area contributed by atoms with E-state index in [-0.39, 0.29) is 5.82 Å². The van der Waals surface area contributed by atoms with Gasteiger partial charge in [0, 0.05) is 29.4 Å². The monoisotopic (exact) mass is 335 g/mol. The van der Waals surface area contributed by atoms with Crippen molar-refractivity contribution in [3.63, 3.8) is 0 Å². The number of rotatable bonds is 2. The number of nitrogens with one attached hydrogen (secondary N) is 1. The quantitative estimate of drug-likeness (QED) is 0.568. The molecule has 0 fully saturated rings. The minimum absolute atomic E-state index is 0.219. The van der Waals surface area contributed by atoms with E-state index in [2.05, 4.69) is 39.5 Å². The van der Waals surface area contributed by atoms with Gasteiger partial charge in [0.25, 0.3) is 0 Å². The Kier molecular flexibility index (Phi) is 2.97. The number of imidazole rings is 1. The second-order valence-corrected chi connectivity index (χ2v) is 6.79. The Labute approximate surface area is 142 Å². The first-order chi connectivity index (χ1) is 11.8. The van der Waals surface area contributed by atoms with Gasteiger partial charge in [0.1, 0.15) is 5.82 Å². The Balaban J connectivity index is 1.60. The van der Waals surface area contributed by atoms with Gasteiger partial charge in [-0.1, -0.05) is 6.07 Å². The molecule has 2 aromatic carbocycles. The second kappa shape index (κ2) is 5.18. The average molecular weight is 335 g/mol. The first kappa shape index (κ1) is 13.7. The topological polar surface area (TPSA) is 29.3 Å². The van der Waals surface area contributed by atoms with Crippen molar-refractivity contribution >= 4 is 22.0 Å². The highest BCUT2D eigenvalue weighted by Gasteiger charge is 2.14. The van der Waals surface area contributed by atoms with Crippen LogP contribution in [-0.4, -0.2) is 15.9 Å². The summed E-state index contributed by atoms with van der Waals surface area (Å²) >= 11 is 1.60. The summed E-state index contributed by atoms with van der Waals surface area (Å²) in [4.78, 5) is 5.71. The van der Waals surface area contributed by atoms with E-state index in [9.17, 15) is 4.39 Å². The number of thiazole rings is 1. The fourth-order valence-corrected chi connectivity index (χ4v) is 4.10. The lowest BCUT2D eigenvalue weighted by Crippen LogP contribution is -1.90. The predicted molar refractivity (Wildman–Crippen MR) is 96.1 cm³/mol. The fourth-order valence-electron chi connectivity index (χ4n) is 3.22. The fraction of sp³-hybridized carbons (Fsp3) is 0.105. The molecule has 0 atom stereocenters. The third kappa shape index (κ3) is 2.12. The number of hydrogen-bond acceptors (Lipinski definition) is 3. The van der Waals surface area contributed by atoms with Crippen molar-refractivity contribution in [3.8, 4) is 22.5 Å². The van der Waals surface area contributed by atoms with Crippen molar-refractivity contribution in [2.24, 2.45) is 0 Å². The molecule has 5 heteroatoms. The molecule has 0 spiro atoms. The molecule has 0 radical (unpaired) electrons. The number of aromatic nitrogens is 2. The molecule has 1 aliphatic rings. The van der Waals surface area contributed by atoms with E-state index in [0.29, 0.717) is 0 Å². The van der Waals surface area contributed by atoms with Crippen molar-refractivity contribution in [3.05, 3.63) is 65.4 Å². The highest BCUT2D eigenvalue weighted by Crippen LogP contribution is 2.32. The maximum absolute atomic E-state index is 13.2. The number of halogens is 1. The van der Waals surface area contributed by atoms with Crippen molar-refractivity contribution in [2.45, 2.75) is 6.42 Å². The molecule has 1 N–H and O–H groups in total. The van der Waals surface area contributed by atoms with Gasteiger partial charge in [-0.05, 0) is 53.9 Å². The van der Waals surface area contributed by atoms with Crippen LogP contribution < -0.4 is 5.32 Å². The zero-order chi connectivity index (χ0) is 16.1. The van der Waals surface area contributed by atoms with Gasteiger partial charge in [-0.3, -0.25) is 4.40 Å². The Morgan fingerprint density at radius 2 is 1.92 bits per heavy atom. The molecule has 4 aromatic rings. The van der Waals surface area contributed by atoms with Crippen LogP contribution in [-0.2, 0) is 6.42 Å². The van der Waals surface area contributed by atoms with Crippen molar-refractivity contribution in [1.29, 1.82) is 0 Å². The van der Waals surface area contributed by atoms with Gasteiger partial charge >= 0.3 is 0 Å². The summed E-state index contributed by atoms with van der Waals surface area (Å²) in [6.07, 6.45) is 3.13. The van der Waals surface area contributed by atoms with Crippen LogP contribution in [0.1, 0.15) is 5.56 Å². The van der Waals surface area contributed by atoms with Gasteiger partial charge in [-0.2, -0.15) is 0 Å². The number of nitrogens with zero attached hydrogens (tertiary/aromatic N) is 2. The second-order valence-electron chi connectivity index (χ2n) is 5.96. The van der Waals surface area contributed by atoms with E-state index in [1.807, 2.05) is 0 Å². The van der Waals surface area contributed by atoms with Crippen LogP contribution in [0.15, 0.2) is 54.0 Å². The average Bonchev–Trinajstić information content (AvgIpc) is 3.30. The first-order valence-electron chi connectivity index (χ1n) is 7.88. The lowest BCUT2D eigenvalue weighted by molar-refractivity contribution is 0.628. The van der Waals surface area contributed by atoms with Gasteiger partial charge < -0.3 is 5.32 Å². The van der Waals surface area contributed by atoms with Crippen LogP contribution in [0.5, 0.6) is 0 Å². The van der Waals surface area contributed by atoms with Gasteiger partial charge in [0.05, 0.1) is 11.4 Å². The maximum atomic E-state index is 13.2. The molecule has 0 bridgehead atoms. The Morgan fingerprint density at radius 1 is 1.08 bits per heavy atom. The van der Waals surface area contributed by atoms with Crippen LogP contribution in [0.3, 0.4) is 0 Å². The lowest BCUT2D eigenvalue weighted by atomic mass is 10.1. The summed E-state index contributed by atoms with van der Waals surface area (Å²) in [5, 5.41) is 5.44. The molecule has 3 heterocycles. The van der Waals surface area contributed by atoms with E-state index in [1.54, 1.807) is 23.5 Å². The molecule has 0 saturated carbocycles. The number of fused-ring (bicyclic) bond motifs is 2. The lowest BCUT2D eigenvalue weighted by Gasteiger charge is -2.02. The Morgan fingerprint density at radius 3 is 2.79 bits per heavy atom. The van der Waals surface area contributed by atoms with Gasteiger partial charge in [-0.15, -0.1) is 11.3 Å². The number of benzene rings is 2. The smallest absolute Gasteiger partial charge is 0.194 e. The predicted octanol–water partition coefficient (Wildman–Crippen LogP) is 4.84. The highest BCUT2D eigenvalue weighted by atomic mass is 32.1. The molecule has 118 valence electrons. The zero-order valence-electron chi connectivity index (χ0n) is 12.8. The molecular formula is C19H14FN3S. The number of anilines is 1. The molecule has 0 saturated heterocycles. The first-order valence-corrected chi connectivity index (χ1v) is 8.75. The summed E-state index contributed by atoms with van der Waals surface area (Å²) in [5.41, 5.74) is 6.72. The van der Waals surface area contributed by atoms with Crippen LogP contribution in [0.25, 0.3) is 27.5 Å². The molecule has 0 amide bonds. The maximum Gasteiger partial charge on any atom is 0.194 e. The third-order valence-electron chi connectivity index (χ3n) is 4.46. The zero-order valence-corrected chi connectivity index (χ0v) is 13.6. The van der Waals surface area contributed by atoms with Crippen LogP contribution in [0.4, 0.5) is 10.1 Å². The molecule has 1 aliphatic heterocycles. The SMILES string of the molecule is Fc1ccc(-c2csc3nc(-c4ccc5c(c4)CCN5)cn23)cc1. The number of hydrogen-bond donors (Lipinski definition) is 1. The standard InChI is InChI=1S/C19H14FN3S/c20-15-4-1-12(2-5-15)18-11-24-19-22-17(10-23(18)19)13-3-6-16-14(9-13)7-8-21-16/h1-6,9-11,21H,7-8H2. The van der Waals surface area contributed by atoms with Crippen LogP contribution in [0, 0.1) is 5.82 Å². The van der Waals surface area contributed by atoms with E-state index in [1.165, 1.54) is 23.4 Å². The van der Waals surface area contributed by atoms with Crippen LogP contribution >= 0.6 is 11.3 Å². The molecule has 0 aliphatic carbocycles. The highest BCUT2D eigenvalue weighted by molar-refractivity contribution is 7.15. The summed E-state index contributed by atoms with van der Waals surface area (Å²) < 4.78 is 15.2. The van der Waals surface area contributed by atoms with Gasteiger partial charge in [-0.25, -0.2) is 9.37 Å². The summed E-state index contributed by atoms with van der Waals surface area (Å²) in [6.45, 7) is 1.01. The van der Waals surface area contributed by atoms with Crippen LogP contribution in [0.2, 0.25) is 0 Å². The molecule has 0 unspecified atom stereocenters. The minimum atomic E-state index is -0.219. The van der Waals surface area contributed by atoms with Gasteiger partial charge in [0.15, 0.2) is 4.96 Å². The molecule has 3 nitrogen and oxygen atoms in total. The Hall–Kier alpha value is -2.66. The van der Waals surface area contributed by atoms with E-state index >= 15 is 0 Å². The molecule has 24 heavy (non-hydrogen) atoms. The minimum Gasteiger partial charge on any atom is -0.384 e. The Bertz CT molecular complexity index is 1050. The molecule has 5 rings (SSSR count). The third-order valence-corrected chi connectivity index (χ3v) is 5.30. The van der Waals surface area contributed by atoms with Crippen molar-refractivity contribution < 1.29 is 4.39 Å². The summed E-state index contributed by atoms with van der Waals surface area (Å²) in [7, 11) is 0. The summed E-state index contributed by atoms with van der Waals surface area (Å²) in [5.74, 6) is -0.219. The summed E-state index contributed by atoms with van der Waals surface area (Å²) in [6, 6.07) is 13.1. The largest absolute Gasteiger partial charge is 0.384 e.